The number of sulfonamides is 1. The van der Waals surface area contributed by atoms with E-state index in [0.29, 0.717) is 17.9 Å². The standard InChI is InChI=1S/C21H28N2O5S/c1-6-17(16-11-12-19(27-3)15(2)13-16)22-21(24)14-23(29(5,25)26)18-9-7-8-10-20(18)28-4/h7-13,17H,6,14H2,1-5H3,(H,22,24)/t17-/m1/s1. The van der Waals surface area contributed by atoms with Gasteiger partial charge in [0.05, 0.1) is 32.2 Å². The molecule has 8 heteroatoms. The van der Waals surface area contributed by atoms with Crippen LogP contribution >= 0.6 is 0 Å². The summed E-state index contributed by atoms with van der Waals surface area (Å²) in [6.45, 7) is 3.55. The number of ether oxygens (including phenoxy) is 2. The predicted octanol–water partition coefficient (Wildman–Crippen LogP) is 3.05. The zero-order valence-corrected chi connectivity index (χ0v) is 18.2. The van der Waals surface area contributed by atoms with Crippen LogP contribution in [0.25, 0.3) is 0 Å². The molecule has 2 rings (SSSR count). The molecule has 0 aromatic heterocycles. The fraction of sp³-hybridized carbons (Fsp3) is 0.381. The third-order valence-corrected chi connectivity index (χ3v) is 5.73. The monoisotopic (exact) mass is 420 g/mol. The van der Waals surface area contributed by atoms with Gasteiger partial charge in [-0.3, -0.25) is 9.10 Å². The third kappa shape index (κ3) is 5.63. The first-order chi connectivity index (χ1) is 13.7. The number of carbonyl (C=O) groups is 1. The van der Waals surface area contributed by atoms with Crippen LogP contribution in [0.3, 0.4) is 0 Å². The average Bonchev–Trinajstić information content (AvgIpc) is 2.69. The number of hydrogen-bond acceptors (Lipinski definition) is 5. The molecule has 1 atom stereocenters. The number of hydrogen-bond donors (Lipinski definition) is 1. The minimum Gasteiger partial charge on any atom is -0.496 e. The summed E-state index contributed by atoms with van der Waals surface area (Å²) in [5.74, 6) is 0.750. The Kier molecular flexibility index (Phi) is 7.50. The van der Waals surface area contributed by atoms with Gasteiger partial charge in [0.1, 0.15) is 18.0 Å². The normalized spacial score (nSPS) is 12.2. The van der Waals surface area contributed by atoms with Crippen molar-refractivity contribution in [2.24, 2.45) is 0 Å². The Bertz CT molecular complexity index is 959. The van der Waals surface area contributed by atoms with Crippen LogP contribution in [-0.4, -0.2) is 41.3 Å². The van der Waals surface area contributed by atoms with Crippen LogP contribution < -0.4 is 19.1 Å². The molecule has 29 heavy (non-hydrogen) atoms. The average molecular weight is 421 g/mol. The van der Waals surface area contributed by atoms with Crippen LogP contribution in [0.15, 0.2) is 42.5 Å². The number of amides is 1. The summed E-state index contributed by atoms with van der Waals surface area (Å²) < 4.78 is 36.3. The van der Waals surface area contributed by atoms with Crippen molar-refractivity contribution in [1.29, 1.82) is 0 Å². The van der Waals surface area contributed by atoms with Gasteiger partial charge in [-0.05, 0) is 42.7 Å². The molecule has 0 fully saturated rings. The molecule has 0 radical (unpaired) electrons. The van der Waals surface area contributed by atoms with Gasteiger partial charge in [-0.2, -0.15) is 0 Å². The van der Waals surface area contributed by atoms with Crippen LogP contribution in [0.1, 0.15) is 30.5 Å². The van der Waals surface area contributed by atoms with E-state index in [1.165, 1.54) is 7.11 Å². The van der Waals surface area contributed by atoms with Gasteiger partial charge in [0.2, 0.25) is 15.9 Å². The van der Waals surface area contributed by atoms with Gasteiger partial charge in [-0.25, -0.2) is 8.42 Å². The van der Waals surface area contributed by atoms with E-state index in [1.54, 1.807) is 31.4 Å². The van der Waals surface area contributed by atoms with Crippen LogP contribution in [0, 0.1) is 6.92 Å². The zero-order valence-electron chi connectivity index (χ0n) is 17.4. The van der Waals surface area contributed by atoms with Crippen molar-refractivity contribution in [3.05, 3.63) is 53.6 Å². The minimum absolute atomic E-state index is 0.244. The maximum Gasteiger partial charge on any atom is 0.241 e. The molecule has 1 N–H and O–H groups in total. The summed E-state index contributed by atoms with van der Waals surface area (Å²) in [5, 5.41) is 2.93. The van der Waals surface area contributed by atoms with E-state index >= 15 is 0 Å². The smallest absolute Gasteiger partial charge is 0.241 e. The molecule has 0 spiro atoms. The van der Waals surface area contributed by atoms with E-state index in [0.717, 1.165) is 27.4 Å². The van der Waals surface area contributed by atoms with Gasteiger partial charge in [0.25, 0.3) is 0 Å². The highest BCUT2D eigenvalue weighted by molar-refractivity contribution is 7.92. The van der Waals surface area contributed by atoms with Crippen LogP contribution in [0.4, 0.5) is 5.69 Å². The summed E-state index contributed by atoms with van der Waals surface area (Å²) in [6, 6.07) is 12.2. The lowest BCUT2D eigenvalue weighted by Gasteiger charge is -2.25. The Morgan fingerprint density at radius 1 is 1.10 bits per heavy atom. The van der Waals surface area contributed by atoms with Crippen molar-refractivity contribution in [2.45, 2.75) is 26.3 Å². The van der Waals surface area contributed by atoms with E-state index in [4.69, 9.17) is 9.47 Å². The number of nitrogens with one attached hydrogen (secondary N) is 1. The number of benzene rings is 2. The maximum absolute atomic E-state index is 12.7. The third-order valence-electron chi connectivity index (χ3n) is 4.61. The molecule has 7 nitrogen and oxygen atoms in total. The predicted molar refractivity (Wildman–Crippen MR) is 114 cm³/mol. The molecule has 158 valence electrons. The SMILES string of the molecule is CC[C@@H](NC(=O)CN(c1ccccc1OC)S(C)(=O)=O)c1ccc(OC)c(C)c1. The molecule has 2 aromatic carbocycles. The van der Waals surface area contributed by atoms with Crippen LogP contribution in [0.2, 0.25) is 0 Å². The molecule has 0 saturated heterocycles. The molecule has 0 aliphatic rings. The summed E-state index contributed by atoms with van der Waals surface area (Å²) in [6.07, 6.45) is 1.72. The Hall–Kier alpha value is -2.74. The molecular formula is C21H28N2O5S. The highest BCUT2D eigenvalue weighted by Crippen LogP contribution is 2.29. The summed E-state index contributed by atoms with van der Waals surface area (Å²) in [5.41, 5.74) is 2.22. The Balaban J connectivity index is 2.24. The molecule has 2 aromatic rings. The number of anilines is 1. The summed E-state index contributed by atoms with van der Waals surface area (Å²) in [4.78, 5) is 12.7. The molecule has 0 aliphatic carbocycles. The van der Waals surface area contributed by atoms with Crippen molar-refractivity contribution in [3.63, 3.8) is 0 Å². The minimum atomic E-state index is -3.69. The molecule has 0 saturated carbocycles. The summed E-state index contributed by atoms with van der Waals surface area (Å²) >= 11 is 0. The Labute approximate surface area is 172 Å². The number of nitrogens with zero attached hydrogens (tertiary/aromatic N) is 1. The van der Waals surface area contributed by atoms with Crippen LogP contribution in [0.5, 0.6) is 11.5 Å². The van der Waals surface area contributed by atoms with Gasteiger partial charge >= 0.3 is 0 Å². The van der Waals surface area contributed by atoms with Crippen molar-refractivity contribution < 1.29 is 22.7 Å². The second-order valence-electron chi connectivity index (χ2n) is 6.70. The highest BCUT2D eigenvalue weighted by Gasteiger charge is 2.25. The highest BCUT2D eigenvalue weighted by atomic mass is 32.2. The Morgan fingerprint density at radius 2 is 1.76 bits per heavy atom. The van der Waals surface area contributed by atoms with E-state index in [2.05, 4.69) is 5.32 Å². The first-order valence-corrected chi connectivity index (χ1v) is 11.1. The lowest BCUT2D eigenvalue weighted by molar-refractivity contribution is -0.120. The van der Waals surface area contributed by atoms with Crippen molar-refractivity contribution in [1.82, 2.24) is 5.32 Å². The van der Waals surface area contributed by atoms with Crippen molar-refractivity contribution >= 4 is 21.6 Å². The molecule has 0 aliphatic heterocycles. The number of para-hydroxylation sites is 2. The first kappa shape index (κ1) is 22.5. The lowest BCUT2D eigenvalue weighted by atomic mass is 10.0. The Morgan fingerprint density at radius 3 is 2.31 bits per heavy atom. The molecule has 1 amide bonds. The second-order valence-corrected chi connectivity index (χ2v) is 8.61. The number of aryl methyl sites for hydroxylation is 1. The van der Waals surface area contributed by atoms with E-state index in [9.17, 15) is 13.2 Å². The number of rotatable bonds is 9. The maximum atomic E-state index is 12.7. The van der Waals surface area contributed by atoms with Gasteiger partial charge in [0.15, 0.2) is 0 Å². The largest absolute Gasteiger partial charge is 0.496 e. The quantitative estimate of drug-likeness (QED) is 0.674. The van der Waals surface area contributed by atoms with Crippen molar-refractivity contribution in [3.8, 4) is 11.5 Å². The molecule has 0 unspecified atom stereocenters. The fourth-order valence-electron chi connectivity index (χ4n) is 3.13. The zero-order chi connectivity index (χ0) is 21.6. The van der Waals surface area contributed by atoms with Crippen LogP contribution in [-0.2, 0) is 14.8 Å². The van der Waals surface area contributed by atoms with Gasteiger partial charge in [-0.15, -0.1) is 0 Å². The van der Waals surface area contributed by atoms with E-state index in [-0.39, 0.29) is 12.6 Å². The van der Waals surface area contributed by atoms with Crippen molar-refractivity contribution in [2.75, 3.05) is 31.3 Å². The van der Waals surface area contributed by atoms with Gasteiger partial charge in [-0.1, -0.05) is 31.2 Å². The lowest BCUT2D eigenvalue weighted by Crippen LogP contribution is -2.41. The summed E-state index contributed by atoms with van der Waals surface area (Å²) in [7, 11) is -0.626. The first-order valence-electron chi connectivity index (χ1n) is 9.25. The van der Waals surface area contributed by atoms with Gasteiger partial charge in [0, 0.05) is 0 Å². The molecule has 0 bridgehead atoms. The fourth-order valence-corrected chi connectivity index (χ4v) is 3.99. The molecular weight excluding hydrogens is 392 g/mol. The van der Waals surface area contributed by atoms with E-state index in [1.807, 2.05) is 32.0 Å². The topological polar surface area (TPSA) is 84.9 Å². The number of carbonyl (C=O) groups excluding carboxylic acids is 1. The van der Waals surface area contributed by atoms with E-state index < -0.39 is 15.9 Å². The molecule has 0 heterocycles. The van der Waals surface area contributed by atoms with Gasteiger partial charge < -0.3 is 14.8 Å². The second kappa shape index (κ2) is 9.65. The number of methoxy groups -OCH3 is 2.